The third kappa shape index (κ3) is 3.59. The van der Waals surface area contributed by atoms with Gasteiger partial charge in [-0.05, 0) is 42.5 Å². The van der Waals surface area contributed by atoms with Crippen LogP contribution in [0.4, 0.5) is 0 Å². The highest BCUT2D eigenvalue weighted by Crippen LogP contribution is 2.44. The van der Waals surface area contributed by atoms with E-state index >= 15 is 0 Å². The van der Waals surface area contributed by atoms with Gasteiger partial charge in [0.15, 0.2) is 0 Å². The zero-order valence-electron chi connectivity index (χ0n) is 14.3. The summed E-state index contributed by atoms with van der Waals surface area (Å²) in [5.74, 6) is 0. The van der Waals surface area contributed by atoms with Gasteiger partial charge in [-0.2, -0.15) is 5.09 Å². The normalized spacial score (nSPS) is 13.6. The minimum Gasteiger partial charge on any atom is -0.296 e. The molecule has 0 bridgehead atoms. The lowest BCUT2D eigenvalue weighted by Crippen LogP contribution is -2.40. The highest BCUT2D eigenvalue weighted by molar-refractivity contribution is 7.77. The monoisotopic (exact) mass is 380 g/mol. The van der Waals surface area contributed by atoms with Crippen molar-refractivity contribution in [3.05, 3.63) is 107 Å². The fourth-order valence-electron chi connectivity index (χ4n) is 2.81. The molecule has 3 aromatic carbocycles. The highest BCUT2D eigenvalue weighted by atomic mass is 35.5. The molecule has 0 saturated heterocycles. The molecule has 0 amide bonds. The van der Waals surface area contributed by atoms with Gasteiger partial charge in [-0.3, -0.25) is 9.41 Å². The van der Waals surface area contributed by atoms with E-state index in [0.29, 0.717) is 21.2 Å². The average molecular weight is 381 g/mol. The zero-order valence-corrected chi connectivity index (χ0v) is 15.9. The van der Waals surface area contributed by atoms with E-state index in [1.807, 2.05) is 66.7 Å². The molecule has 1 N–H and O–H groups in total. The van der Waals surface area contributed by atoms with E-state index in [9.17, 15) is 4.57 Å². The third-order valence-corrected chi connectivity index (χ3v) is 7.26. The number of hydrogen-bond acceptors (Lipinski definition) is 1. The molecule has 3 nitrogen and oxygen atoms in total. The predicted molar refractivity (Wildman–Crippen MR) is 108 cm³/mol. The maximum absolute atomic E-state index is 14.2. The van der Waals surface area contributed by atoms with E-state index in [0.717, 1.165) is 0 Å². The summed E-state index contributed by atoms with van der Waals surface area (Å²) < 4.78 is 14.2. The lowest BCUT2D eigenvalue weighted by molar-refractivity contribution is 0.522. The molecular formula is C21H18ClN2OP. The third-order valence-electron chi connectivity index (χ3n) is 4.23. The van der Waals surface area contributed by atoms with Gasteiger partial charge in [0, 0.05) is 22.6 Å². The molecule has 0 saturated carbocycles. The molecule has 0 aliphatic heterocycles. The Morgan fingerprint density at radius 3 is 1.92 bits per heavy atom. The molecule has 0 heterocycles. The molecule has 0 fully saturated rings. The van der Waals surface area contributed by atoms with E-state index in [4.69, 9.17) is 18.2 Å². The molecule has 3 aromatic rings. The number of rotatable bonds is 5. The fraction of sp³-hybridized carbons (Fsp3) is 0.0952. The van der Waals surface area contributed by atoms with Gasteiger partial charge >= 0.3 is 5.66 Å². The first-order valence-corrected chi connectivity index (χ1v) is 10.2. The summed E-state index contributed by atoms with van der Waals surface area (Å²) in [6.45, 7) is 9.49. The molecule has 0 aliphatic carbocycles. The molecule has 0 unspecified atom stereocenters. The maximum Gasteiger partial charge on any atom is 0.315 e. The molecule has 0 aromatic heterocycles. The predicted octanol–water partition coefficient (Wildman–Crippen LogP) is 4.95. The second kappa shape index (κ2) is 7.48. The molecule has 5 heteroatoms. The number of halogens is 1. The van der Waals surface area contributed by atoms with Crippen LogP contribution < -0.4 is 15.7 Å². The van der Waals surface area contributed by atoms with Crippen LogP contribution in [0.15, 0.2) is 84.9 Å². The summed E-state index contributed by atoms with van der Waals surface area (Å²) in [5, 5.41) is 5.02. The summed E-state index contributed by atoms with van der Waals surface area (Å²) in [6, 6.07) is 25.5. The van der Waals surface area contributed by atoms with Crippen LogP contribution in [-0.4, -0.2) is 0 Å². The van der Waals surface area contributed by atoms with Crippen molar-refractivity contribution < 1.29 is 4.57 Å². The number of nitrogens with one attached hydrogen (secondary N) is 1. The van der Waals surface area contributed by atoms with E-state index < -0.39 is 13.0 Å². The molecule has 1 atom stereocenters. The van der Waals surface area contributed by atoms with Gasteiger partial charge in [0.2, 0.25) is 7.29 Å². The molecule has 0 spiro atoms. The quantitative estimate of drug-likeness (QED) is 0.502. The molecule has 0 radical (unpaired) electrons. The van der Waals surface area contributed by atoms with Crippen molar-refractivity contribution in [2.75, 3.05) is 0 Å². The summed E-state index contributed by atoms with van der Waals surface area (Å²) >= 11 is 6.11. The van der Waals surface area contributed by atoms with Crippen molar-refractivity contribution in [2.24, 2.45) is 0 Å². The second-order valence-corrected chi connectivity index (χ2v) is 9.00. The van der Waals surface area contributed by atoms with Crippen LogP contribution in [0.3, 0.4) is 0 Å². The SMILES string of the molecule is [C-]#[N+][C@](C)(NP(=O)(c1ccccc1)c1ccccc1)c1cccc(Cl)c1. The van der Waals surface area contributed by atoms with Crippen LogP contribution in [0.1, 0.15) is 12.5 Å². The first-order chi connectivity index (χ1) is 12.5. The molecule has 26 heavy (non-hydrogen) atoms. The number of benzene rings is 3. The Hall–Kier alpha value is -2.37. The van der Waals surface area contributed by atoms with Gasteiger partial charge in [-0.25, -0.2) is 6.57 Å². The van der Waals surface area contributed by atoms with Crippen molar-refractivity contribution in [1.82, 2.24) is 5.09 Å². The van der Waals surface area contributed by atoms with Crippen LogP contribution in [0.2, 0.25) is 5.02 Å². The van der Waals surface area contributed by atoms with Gasteiger partial charge in [-0.1, -0.05) is 54.1 Å². The molecule has 130 valence electrons. The van der Waals surface area contributed by atoms with Crippen molar-refractivity contribution in [2.45, 2.75) is 12.6 Å². The minimum atomic E-state index is -3.25. The van der Waals surface area contributed by atoms with Crippen molar-refractivity contribution in [3.8, 4) is 0 Å². The van der Waals surface area contributed by atoms with Crippen molar-refractivity contribution in [1.29, 1.82) is 0 Å². The summed E-state index contributed by atoms with van der Waals surface area (Å²) in [5.41, 5.74) is -0.515. The Balaban J connectivity index is 2.15. The van der Waals surface area contributed by atoms with E-state index in [-0.39, 0.29) is 0 Å². The number of hydrogen-bond donors (Lipinski definition) is 1. The largest absolute Gasteiger partial charge is 0.315 e. The Bertz CT molecular complexity index is 942. The molecular weight excluding hydrogens is 363 g/mol. The van der Waals surface area contributed by atoms with E-state index in [2.05, 4.69) is 9.93 Å². The zero-order chi connectivity index (χ0) is 18.6. The lowest BCUT2D eigenvalue weighted by Gasteiger charge is -2.27. The summed E-state index contributed by atoms with van der Waals surface area (Å²) in [4.78, 5) is 3.78. The smallest absolute Gasteiger partial charge is 0.296 e. The Morgan fingerprint density at radius 2 is 1.46 bits per heavy atom. The highest BCUT2D eigenvalue weighted by Gasteiger charge is 2.42. The van der Waals surface area contributed by atoms with Gasteiger partial charge < -0.3 is 0 Å². The maximum atomic E-state index is 14.2. The Morgan fingerprint density at radius 1 is 0.923 bits per heavy atom. The molecule has 3 rings (SSSR count). The van der Waals surface area contributed by atoms with Crippen LogP contribution in [0.5, 0.6) is 0 Å². The lowest BCUT2D eigenvalue weighted by atomic mass is 10.0. The minimum absolute atomic E-state index is 0.536. The average Bonchev–Trinajstić information content (AvgIpc) is 2.69. The first-order valence-electron chi connectivity index (χ1n) is 8.13. The van der Waals surface area contributed by atoms with Crippen LogP contribution in [-0.2, 0) is 10.2 Å². The van der Waals surface area contributed by atoms with Crippen molar-refractivity contribution in [3.63, 3.8) is 0 Å². The second-order valence-electron chi connectivity index (χ2n) is 6.09. The van der Waals surface area contributed by atoms with Crippen LogP contribution in [0, 0.1) is 6.57 Å². The van der Waals surface area contributed by atoms with Crippen LogP contribution >= 0.6 is 18.9 Å². The Labute approximate surface area is 158 Å². The fourth-order valence-corrected chi connectivity index (χ4v) is 5.53. The molecule has 0 aliphatic rings. The van der Waals surface area contributed by atoms with Crippen LogP contribution in [0.25, 0.3) is 4.85 Å². The first kappa shape index (κ1) is 18.4. The number of nitrogens with zero attached hydrogens (tertiary/aromatic N) is 1. The standard InChI is InChI=1S/C21H18ClN2OP/c1-21(23-2,17-10-9-11-18(22)16-17)24-26(25,19-12-5-3-6-13-19)20-14-7-4-8-15-20/h3-16H,1H3,(H,24,25)/t21-/m1/s1. The van der Waals surface area contributed by atoms with Gasteiger partial charge in [0.25, 0.3) is 0 Å². The topological polar surface area (TPSA) is 33.5 Å². The van der Waals surface area contributed by atoms with E-state index in [1.165, 1.54) is 0 Å². The van der Waals surface area contributed by atoms with Gasteiger partial charge in [0.05, 0.1) is 5.56 Å². The van der Waals surface area contributed by atoms with Gasteiger partial charge in [-0.15, -0.1) is 0 Å². The van der Waals surface area contributed by atoms with Crippen molar-refractivity contribution >= 4 is 29.5 Å². The van der Waals surface area contributed by atoms with E-state index in [1.54, 1.807) is 25.1 Å². The Kier molecular flexibility index (Phi) is 5.30. The summed E-state index contributed by atoms with van der Waals surface area (Å²) in [6.07, 6.45) is 0. The van der Waals surface area contributed by atoms with Gasteiger partial charge in [0.1, 0.15) is 0 Å². The summed E-state index contributed by atoms with van der Waals surface area (Å²) in [7, 11) is -3.25.